The number of nitrogens with one attached hydrogen (secondary N) is 2. The highest BCUT2D eigenvalue weighted by Gasteiger charge is 2.21. The molecule has 0 radical (unpaired) electrons. The number of hydrogen-bond donors (Lipinski definition) is 4. The van der Waals surface area contributed by atoms with E-state index in [0.717, 1.165) is 12.8 Å². The van der Waals surface area contributed by atoms with E-state index in [1.165, 1.54) is 38.5 Å². The van der Waals surface area contributed by atoms with Crippen LogP contribution in [0.4, 0.5) is 5.69 Å². The van der Waals surface area contributed by atoms with E-state index < -0.39 is 18.9 Å². The molecular formula is C24H26BN3O7. The fourth-order valence-electron chi connectivity index (χ4n) is 3.91. The Morgan fingerprint density at radius 1 is 1.09 bits per heavy atom. The summed E-state index contributed by atoms with van der Waals surface area (Å²) in [6.45, 7) is 1.08. The van der Waals surface area contributed by atoms with Gasteiger partial charge < -0.3 is 34.9 Å². The van der Waals surface area contributed by atoms with Gasteiger partial charge in [0.05, 0.1) is 32.4 Å². The van der Waals surface area contributed by atoms with Gasteiger partial charge in [0.2, 0.25) is 0 Å². The van der Waals surface area contributed by atoms with E-state index in [0.29, 0.717) is 35.6 Å². The lowest BCUT2D eigenvalue weighted by Gasteiger charge is -2.23. The van der Waals surface area contributed by atoms with E-state index in [2.05, 4.69) is 15.6 Å². The summed E-state index contributed by atoms with van der Waals surface area (Å²) in [5, 5.41) is 25.7. The molecule has 11 heteroatoms. The molecule has 0 saturated carbocycles. The Bertz CT molecular complexity index is 1250. The van der Waals surface area contributed by atoms with Crippen LogP contribution in [0.1, 0.15) is 33.7 Å². The third-order valence-corrected chi connectivity index (χ3v) is 5.70. The van der Waals surface area contributed by atoms with Gasteiger partial charge in [0.25, 0.3) is 11.8 Å². The fourth-order valence-corrected chi connectivity index (χ4v) is 3.91. The summed E-state index contributed by atoms with van der Waals surface area (Å²) < 4.78 is 16.1. The Morgan fingerprint density at radius 2 is 1.91 bits per heavy atom. The van der Waals surface area contributed by atoms with Crippen LogP contribution in [0.3, 0.4) is 0 Å². The maximum absolute atomic E-state index is 13.1. The van der Waals surface area contributed by atoms with Crippen LogP contribution >= 0.6 is 0 Å². The van der Waals surface area contributed by atoms with Crippen molar-refractivity contribution >= 4 is 41.0 Å². The molecule has 0 aliphatic carbocycles. The number of nitrogens with zero attached hydrogens (tertiary/aromatic N) is 1. The van der Waals surface area contributed by atoms with Gasteiger partial charge in [-0.3, -0.25) is 9.59 Å². The zero-order chi connectivity index (χ0) is 24.9. The highest BCUT2D eigenvalue weighted by atomic mass is 16.5. The highest BCUT2D eigenvalue weighted by molar-refractivity contribution is 6.58. The molecule has 35 heavy (non-hydrogen) atoms. The van der Waals surface area contributed by atoms with Crippen molar-refractivity contribution in [3.8, 4) is 11.5 Å². The first-order valence-corrected chi connectivity index (χ1v) is 11.1. The predicted octanol–water partition coefficient (Wildman–Crippen LogP) is 1.09. The largest absolute Gasteiger partial charge is 0.497 e. The minimum absolute atomic E-state index is 0.0571. The van der Waals surface area contributed by atoms with Crippen LogP contribution < -0.4 is 25.6 Å². The van der Waals surface area contributed by atoms with Crippen molar-refractivity contribution in [2.45, 2.75) is 18.9 Å². The third kappa shape index (κ3) is 5.71. The normalized spacial score (nSPS) is 15.4. The van der Waals surface area contributed by atoms with E-state index in [1.807, 2.05) is 0 Å². The van der Waals surface area contributed by atoms with E-state index in [1.54, 1.807) is 18.2 Å². The summed E-state index contributed by atoms with van der Waals surface area (Å²) in [6.07, 6.45) is 1.63. The molecule has 2 heterocycles. The van der Waals surface area contributed by atoms with Crippen LogP contribution in [-0.4, -0.2) is 67.4 Å². The molecule has 2 aromatic carbocycles. The van der Waals surface area contributed by atoms with Crippen LogP contribution in [0, 0.1) is 0 Å². The van der Waals surface area contributed by atoms with Gasteiger partial charge in [-0.1, -0.05) is 0 Å². The van der Waals surface area contributed by atoms with Crippen molar-refractivity contribution in [3.05, 3.63) is 53.7 Å². The maximum atomic E-state index is 13.1. The lowest BCUT2D eigenvalue weighted by Crippen LogP contribution is -2.41. The van der Waals surface area contributed by atoms with E-state index >= 15 is 0 Å². The Labute approximate surface area is 202 Å². The predicted molar refractivity (Wildman–Crippen MR) is 130 cm³/mol. The van der Waals surface area contributed by atoms with Crippen molar-refractivity contribution in [1.29, 1.82) is 0 Å². The Balaban J connectivity index is 1.61. The highest BCUT2D eigenvalue weighted by Crippen LogP contribution is 2.28. The number of amides is 2. The number of carbonyl (C=O) groups is 2. The smallest absolute Gasteiger partial charge is 0.488 e. The number of pyridine rings is 1. The van der Waals surface area contributed by atoms with Gasteiger partial charge in [-0.25, -0.2) is 4.98 Å². The first kappa shape index (κ1) is 24.5. The molecule has 0 bridgehead atoms. The molecule has 4 rings (SSSR count). The van der Waals surface area contributed by atoms with Gasteiger partial charge in [-0.05, 0) is 48.6 Å². The molecule has 1 saturated heterocycles. The van der Waals surface area contributed by atoms with Gasteiger partial charge >= 0.3 is 7.12 Å². The molecule has 0 unspecified atom stereocenters. The zero-order valence-electron chi connectivity index (χ0n) is 19.4. The molecular weight excluding hydrogens is 453 g/mol. The second-order valence-electron chi connectivity index (χ2n) is 8.15. The van der Waals surface area contributed by atoms with Crippen molar-refractivity contribution in [2.24, 2.45) is 0 Å². The molecule has 10 nitrogen and oxygen atoms in total. The fraction of sp³-hybridized carbons (Fsp3) is 0.292. The topological polar surface area (TPSA) is 139 Å². The van der Waals surface area contributed by atoms with E-state index in [4.69, 9.17) is 14.2 Å². The molecule has 0 spiro atoms. The minimum atomic E-state index is -1.83. The van der Waals surface area contributed by atoms with Crippen LogP contribution in [0.5, 0.6) is 11.5 Å². The molecule has 1 fully saturated rings. The molecule has 182 valence electrons. The molecule has 3 aromatic rings. The van der Waals surface area contributed by atoms with E-state index in [-0.39, 0.29) is 28.4 Å². The number of ether oxygens (including phenoxy) is 3. The Hall–Kier alpha value is -3.67. The van der Waals surface area contributed by atoms with Crippen LogP contribution in [0.2, 0.25) is 0 Å². The number of anilines is 1. The number of rotatable bonds is 7. The second kappa shape index (κ2) is 10.7. The number of aromatic nitrogens is 1. The van der Waals surface area contributed by atoms with Gasteiger partial charge in [0.1, 0.15) is 17.2 Å². The monoisotopic (exact) mass is 479 g/mol. The van der Waals surface area contributed by atoms with Gasteiger partial charge in [0, 0.05) is 35.4 Å². The molecule has 1 atom stereocenters. The summed E-state index contributed by atoms with van der Waals surface area (Å²) in [6, 6.07) is 10.8. The number of methoxy groups -OCH3 is 2. The van der Waals surface area contributed by atoms with Crippen molar-refractivity contribution in [1.82, 2.24) is 10.3 Å². The maximum Gasteiger partial charge on any atom is 0.488 e. The Kier molecular flexibility index (Phi) is 7.50. The van der Waals surface area contributed by atoms with Crippen molar-refractivity contribution < 1.29 is 33.8 Å². The summed E-state index contributed by atoms with van der Waals surface area (Å²) in [5.41, 5.74) is 1.01. The van der Waals surface area contributed by atoms with Crippen LogP contribution in [-0.2, 0) is 4.74 Å². The quantitative estimate of drug-likeness (QED) is 0.370. The SMILES string of the molecule is COc1ccc2c(OC)cc(C(=O)Nc3cc(B(O)O)cc(C(=O)N[C@H]4CCCOC4)c3)nc2c1. The molecule has 1 aromatic heterocycles. The van der Waals surface area contributed by atoms with Gasteiger partial charge in [0.15, 0.2) is 0 Å². The lowest BCUT2D eigenvalue weighted by molar-refractivity contribution is 0.0624. The molecule has 4 N–H and O–H groups in total. The average molecular weight is 479 g/mol. The number of fused-ring (bicyclic) bond motifs is 1. The zero-order valence-corrected chi connectivity index (χ0v) is 19.4. The first-order chi connectivity index (χ1) is 16.9. The second-order valence-corrected chi connectivity index (χ2v) is 8.15. The summed E-state index contributed by atoms with van der Waals surface area (Å²) in [7, 11) is 1.20. The molecule has 1 aliphatic rings. The number of carbonyl (C=O) groups excluding carboxylic acids is 2. The standard InChI is InChI=1S/C24H26BN3O7/c1-33-18-5-6-19-20(11-18)28-21(12-22(19)34-2)24(30)27-17-9-14(8-15(10-17)25(31)32)23(29)26-16-4-3-7-35-13-16/h5-6,8-12,16,31-32H,3-4,7,13H2,1-2H3,(H,26,29)(H,27,30)/t16-/m0/s1. The van der Waals surface area contributed by atoms with Gasteiger partial charge in [-0.15, -0.1) is 0 Å². The minimum Gasteiger partial charge on any atom is -0.497 e. The Morgan fingerprint density at radius 3 is 2.60 bits per heavy atom. The molecule has 2 amide bonds. The first-order valence-electron chi connectivity index (χ1n) is 11.1. The van der Waals surface area contributed by atoms with Crippen LogP contribution in [0.25, 0.3) is 10.9 Å². The van der Waals surface area contributed by atoms with E-state index in [9.17, 15) is 19.6 Å². The average Bonchev–Trinajstić information content (AvgIpc) is 2.87. The van der Waals surface area contributed by atoms with Gasteiger partial charge in [-0.2, -0.15) is 0 Å². The number of hydrogen-bond acceptors (Lipinski definition) is 8. The molecule has 1 aliphatic heterocycles. The van der Waals surface area contributed by atoms with Crippen LogP contribution in [0.15, 0.2) is 42.5 Å². The summed E-state index contributed by atoms with van der Waals surface area (Å²) in [5.74, 6) is 0.0612. The lowest BCUT2D eigenvalue weighted by atomic mass is 9.79. The van der Waals surface area contributed by atoms with Crippen molar-refractivity contribution in [2.75, 3.05) is 32.8 Å². The van der Waals surface area contributed by atoms with Crippen molar-refractivity contribution in [3.63, 3.8) is 0 Å². The summed E-state index contributed by atoms with van der Waals surface area (Å²) >= 11 is 0. The summed E-state index contributed by atoms with van der Waals surface area (Å²) in [4.78, 5) is 30.3. The third-order valence-electron chi connectivity index (χ3n) is 5.70. The number of benzene rings is 2.